The third-order valence-electron chi connectivity index (χ3n) is 2.50. The van der Waals surface area contributed by atoms with E-state index in [9.17, 15) is 4.79 Å². The summed E-state index contributed by atoms with van der Waals surface area (Å²) in [6.07, 6.45) is 2.33. The molecule has 0 radical (unpaired) electrons. The molecule has 1 aliphatic rings. The van der Waals surface area contributed by atoms with E-state index in [1.807, 2.05) is 18.2 Å². The third-order valence-corrected chi connectivity index (χ3v) is 2.72. The zero-order chi connectivity index (χ0) is 10.7. The van der Waals surface area contributed by atoms with Crippen LogP contribution in [0, 0.1) is 11.8 Å². The first kappa shape index (κ1) is 10.3. The van der Waals surface area contributed by atoms with E-state index < -0.39 is 0 Å². The average molecular weight is 216 g/mol. The van der Waals surface area contributed by atoms with Gasteiger partial charge < -0.3 is 0 Å². The highest BCUT2D eigenvalue weighted by molar-refractivity contribution is 7.80. The number of aryl methyl sites for hydroxylation is 1. The van der Waals surface area contributed by atoms with Gasteiger partial charge in [0.25, 0.3) is 0 Å². The molecule has 76 valence electrons. The standard InChI is InChI=1S/C13H12OS/c14-13-7-6-11-5-4-10(9-12(11)13)3-1-2-8-15/h4-5,9,15H,2,6-8H2. The predicted molar refractivity (Wildman–Crippen MR) is 64.4 cm³/mol. The Labute approximate surface area is 95.3 Å². The van der Waals surface area contributed by atoms with Gasteiger partial charge in [0.2, 0.25) is 0 Å². The first-order valence-corrected chi connectivity index (χ1v) is 5.70. The molecule has 0 amide bonds. The Balaban J connectivity index is 2.27. The Kier molecular flexibility index (Phi) is 3.13. The molecule has 0 saturated heterocycles. The molecule has 1 aromatic rings. The minimum atomic E-state index is 0.253. The highest BCUT2D eigenvalue weighted by Gasteiger charge is 2.18. The highest BCUT2D eigenvalue weighted by atomic mass is 32.1. The molecule has 0 N–H and O–H groups in total. The van der Waals surface area contributed by atoms with Crippen LogP contribution in [-0.2, 0) is 6.42 Å². The summed E-state index contributed by atoms with van der Waals surface area (Å²) >= 11 is 4.09. The van der Waals surface area contributed by atoms with Gasteiger partial charge in [0.05, 0.1) is 0 Å². The molecular formula is C13H12OS. The molecule has 0 aliphatic heterocycles. The van der Waals surface area contributed by atoms with Crippen molar-refractivity contribution < 1.29 is 4.79 Å². The fraction of sp³-hybridized carbons (Fsp3) is 0.308. The van der Waals surface area contributed by atoms with Crippen molar-refractivity contribution in [3.63, 3.8) is 0 Å². The first-order chi connectivity index (χ1) is 7.31. The van der Waals surface area contributed by atoms with E-state index in [4.69, 9.17) is 0 Å². The topological polar surface area (TPSA) is 17.1 Å². The van der Waals surface area contributed by atoms with Gasteiger partial charge in [-0.25, -0.2) is 0 Å². The molecule has 0 unspecified atom stereocenters. The van der Waals surface area contributed by atoms with Gasteiger partial charge >= 0.3 is 0 Å². The number of thiol groups is 1. The van der Waals surface area contributed by atoms with Gasteiger partial charge in [0.15, 0.2) is 5.78 Å². The summed E-state index contributed by atoms with van der Waals surface area (Å²) in [6, 6.07) is 5.92. The molecular weight excluding hydrogens is 204 g/mol. The van der Waals surface area contributed by atoms with Crippen LogP contribution < -0.4 is 0 Å². The lowest BCUT2D eigenvalue weighted by Gasteiger charge is -1.97. The van der Waals surface area contributed by atoms with E-state index in [2.05, 4.69) is 24.5 Å². The lowest BCUT2D eigenvalue weighted by atomic mass is 10.1. The molecule has 1 aliphatic carbocycles. The molecule has 0 bridgehead atoms. The second kappa shape index (κ2) is 4.55. The number of hydrogen-bond acceptors (Lipinski definition) is 2. The summed E-state index contributed by atoms with van der Waals surface area (Å²) in [5, 5.41) is 0. The third kappa shape index (κ3) is 2.24. The molecule has 0 fully saturated rings. The lowest BCUT2D eigenvalue weighted by Crippen LogP contribution is -1.91. The molecule has 15 heavy (non-hydrogen) atoms. The summed E-state index contributed by atoms with van der Waals surface area (Å²) in [4.78, 5) is 11.5. The minimum Gasteiger partial charge on any atom is -0.294 e. The van der Waals surface area contributed by atoms with Crippen molar-refractivity contribution in [3.05, 3.63) is 34.9 Å². The Morgan fingerprint density at radius 1 is 1.33 bits per heavy atom. The number of hydrogen-bond donors (Lipinski definition) is 1. The fourth-order valence-electron chi connectivity index (χ4n) is 1.74. The maximum atomic E-state index is 11.5. The Hall–Kier alpha value is -1.20. The van der Waals surface area contributed by atoms with E-state index in [1.165, 1.54) is 5.56 Å². The average Bonchev–Trinajstić information content (AvgIpc) is 2.61. The van der Waals surface area contributed by atoms with Crippen LogP contribution in [0.5, 0.6) is 0 Å². The molecule has 1 nitrogen and oxygen atoms in total. The van der Waals surface area contributed by atoms with Crippen LogP contribution in [0.2, 0.25) is 0 Å². The van der Waals surface area contributed by atoms with E-state index in [-0.39, 0.29) is 5.78 Å². The maximum absolute atomic E-state index is 11.5. The molecule has 2 rings (SSSR count). The zero-order valence-corrected chi connectivity index (χ0v) is 9.31. The summed E-state index contributed by atoms with van der Waals surface area (Å²) in [5.41, 5.74) is 2.97. The van der Waals surface area contributed by atoms with E-state index in [0.717, 1.165) is 29.7 Å². The monoisotopic (exact) mass is 216 g/mol. The van der Waals surface area contributed by atoms with Gasteiger partial charge in [-0.05, 0) is 24.1 Å². The zero-order valence-electron chi connectivity index (χ0n) is 8.42. The minimum absolute atomic E-state index is 0.253. The van der Waals surface area contributed by atoms with Gasteiger partial charge in [-0.1, -0.05) is 17.9 Å². The van der Waals surface area contributed by atoms with Gasteiger partial charge in [-0.3, -0.25) is 4.79 Å². The number of Topliss-reactive ketones (excluding diaryl/α,β-unsaturated/α-hetero) is 1. The van der Waals surface area contributed by atoms with E-state index in [0.29, 0.717) is 6.42 Å². The summed E-state index contributed by atoms with van der Waals surface area (Å²) in [5.74, 6) is 7.09. The number of rotatable bonds is 1. The van der Waals surface area contributed by atoms with Crippen LogP contribution in [0.25, 0.3) is 0 Å². The van der Waals surface area contributed by atoms with Gasteiger partial charge in [0, 0.05) is 29.7 Å². The van der Waals surface area contributed by atoms with Gasteiger partial charge in [0.1, 0.15) is 0 Å². The molecule has 0 heterocycles. The summed E-state index contributed by atoms with van der Waals surface area (Å²) in [7, 11) is 0. The number of carbonyl (C=O) groups excluding carboxylic acids is 1. The van der Waals surface area contributed by atoms with Crippen molar-refractivity contribution >= 4 is 18.4 Å². The van der Waals surface area contributed by atoms with Crippen molar-refractivity contribution in [3.8, 4) is 11.8 Å². The molecule has 0 aromatic heterocycles. The van der Waals surface area contributed by atoms with Crippen molar-refractivity contribution in [1.29, 1.82) is 0 Å². The maximum Gasteiger partial charge on any atom is 0.163 e. The molecule has 0 atom stereocenters. The van der Waals surface area contributed by atoms with Crippen molar-refractivity contribution in [2.75, 3.05) is 5.75 Å². The summed E-state index contributed by atoms with van der Waals surface area (Å²) < 4.78 is 0. The van der Waals surface area contributed by atoms with Crippen LogP contribution in [0.1, 0.15) is 34.3 Å². The van der Waals surface area contributed by atoms with Gasteiger partial charge in [-0.2, -0.15) is 12.6 Å². The van der Waals surface area contributed by atoms with Crippen molar-refractivity contribution in [1.82, 2.24) is 0 Å². The smallest absolute Gasteiger partial charge is 0.163 e. The van der Waals surface area contributed by atoms with Crippen LogP contribution in [0.3, 0.4) is 0 Å². The fourth-order valence-corrected chi connectivity index (χ4v) is 1.85. The summed E-state index contributed by atoms with van der Waals surface area (Å²) in [6.45, 7) is 0. The molecule has 1 aromatic carbocycles. The normalized spacial score (nSPS) is 13.3. The van der Waals surface area contributed by atoms with Gasteiger partial charge in [-0.15, -0.1) is 0 Å². The van der Waals surface area contributed by atoms with E-state index in [1.54, 1.807) is 0 Å². The second-order valence-electron chi connectivity index (χ2n) is 3.57. The molecule has 0 spiro atoms. The highest BCUT2D eigenvalue weighted by Crippen LogP contribution is 2.22. The number of benzene rings is 1. The Morgan fingerprint density at radius 3 is 3.00 bits per heavy atom. The largest absolute Gasteiger partial charge is 0.294 e. The Bertz CT molecular complexity index is 451. The van der Waals surface area contributed by atoms with Crippen LogP contribution in [0.15, 0.2) is 18.2 Å². The number of carbonyl (C=O) groups is 1. The Morgan fingerprint density at radius 2 is 2.20 bits per heavy atom. The van der Waals surface area contributed by atoms with Crippen molar-refractivity contribution in [2.24, 2.45) is 0 Å². The van der Waals surface area contributed by atoms with Crippen LogP contribution >= 0.6 is 12.6 Å². The SMILES string of the molecule is O=C1CCc2ccc(C#CCCS)cc21. The molecule has 0 saturated carbocycles. The van der Waals surface area contributed by atoms with Crippen LogP contribution in [0.4, 0.5) is 0 Å². The van der Waals surface area contributed by atoms with E-state index >= 15 is 0 Å². The molecule has 2 heteroatoms. The van der Waals surface area contributed by atoms with Crippen LogP contribution in [-0.4, -0.2) is 11.5 Å². The van der Waals surface area contributed by atoms with Crippen molar-refractivity contribution in [2.45, 2.75) is 19.3 Å². The first-order valence-electron chi connectivity index (χ1n) is 5.07. The second-order valence-corrected chi connectivity index (χ2v) is 4.02. The lowest BCUT2D eigenvalue weighted by molar-refractivity contribution is 0.0994. The number of fused-ring (bicyclic) bond motifs is 1. The number of ketones is 1. The predicted octanol–water partition coefficient (Wildman–Crippen LogP) is 2.49. The quantitative estimate of drug-likeness (QED) is 0.564.